The van der Waals surface area contributed by atoms with Gasteiger partial charge in [0.05, 0.1) is 5.54 Å². The van der Waals surface area contributed by atoms with Gasteiger partial charge in [0.1, 0.15) is 0 Å². The topological polar surface area (TPSA) is 78.6 Å². The summed E-state index contributed by atoms with van der Waals surface area (Å²) in [6.45, 7) is 2.53. The molecule has 7 nitrogen and oxygen atoms in total. The number of carbonyl (C=O) groups excluding carboxylic acids is 1. The Hall–Kier alpha value is -3.19. The molecule has 0 aliphatic carbocycles. The number of likely N-dealkylation sites (tertiary alicyclic amines) is 1. The maximum atomic E-state index is 13.1. The van der Waals surface area contributed by atoms with Crippen molar-refractivity contribution in [2.75, 3.05) is 31.7 Å². The second kappa shape index (κ2) is 6.67. The van der Waals surface area contributed by atoms with Gasteiger partial charge < -0.3 is 30.0 Å². The standard InChI is InChI=1S/C23H24N4O3/c28-22(25-15-6-7-19-20(12-15)30-14-29-19)27-11-3-9-23(13-27)21-17(8-10-24-23)16-4-1-2-5-18(16)26-21/h1-2,4-7,12,24,26H,3,8-11,13-14H2,(H,25,28). The second-order valence-corrected chi connectivity index (χ2v) is 8.31. The fourth-order valence-electron chi connectivity index (χ4n) is 5.14. The van der Waals surface area contributed by atoms with E-state index in [0.29, 0.717) is 23.7 Å². The van der Waals surface area contributed by atoms with Crippen LogP contribution in [0.2, 0.25) is 0 Å². The first-order chi connectivity index (χ1) is 14.7. The van der Waals surface area contributed by atoms with E-state index in [2.05, 4.69) is 39.9 Å². The zero-order valence-corrected chi connectivity index (χ0v) is 16.7. The number of nitrogens with one attached hydrogen (secondary N) is 3. The highest BCUT2D eigenvalue weighted by molar-refractivity contribution is 5.90. The smallest absolute Gasteiger partial charge is 0.321 e. The number of piperidine rings is 1. The molecule has 3 aromatic rings. The van der Waals surface area contributed by atoms with Crippen molar-refractivity contribution < 1.29 is 14.3 Å². The first-order valence-corrected chi connectivity index (χ1v) is 10.5. The molecule has 3 aliphatic heterocycles. The van der Waals surface area contributed by atoms with Crippen LogP contribution in [0.4, 0.5) is 10.5 Å². The van der Waals surface area contributed by atoms with Crippen molar-refractivity contribution in [3.63, 3.8) is 0 Å². The number of benzene rings is 2. The summed E-state index contributed by atoms with van der Waals surface area (Å²) in [5.41, 5.74) is 4.30. The van der Waals surface area contributed by atoms with Crippen molar-refractivity contribution in [2.45, 2.75) is 24.8 Å². The van der Waals surface area contributed by atoms with E-state index in [1.54, 1.807) is 0 Å². The third-order valence-electron chi connectivity index (χ3n) is 6.53. The molecule has 2 aromatic carbocycles. The van der Waals surface area contributed by atoms with Gasteiger partial charge in [-0.15, -0.1) is 0 Å². The molecule has 4 heterocycles. The van der Waals surface area contributed by atoms with Crippen LogP contribution in [0.25, 0.3) is 10.9 Å². The largest absolute Gasteiger partial charge is 0.454 e. The van der Waals surface area contributed by atoms with Crippen LogP contribution >= 0.6 is 0 Å². The Labute approximate surface area is 174 Å². The van der Waals surface area contributed by atoms with Crippen LogP contribution < -0.4 is 20.1 Å². The number of fused-ring (bicyclic) bond motifs is 5. The van der Waals surface area contributed by atoms with Gasteiger partial charge in [-0.2, -0.15) is 0 Å². The van der Waals surface area contributed by atoms with Crippen LogP contribution in [0.3, 0.4) is 0 Å². The molecule has 1 saturated heterocycles. The van der Waals surface area contributed by atoms with Gasteiger partial charge in [-0.3, -0.25) is 0 Å². The second-order valence-electron chi connectivity index (χ2n) is 8.31. The molecule has 6 rings (SSSR count). The van der Waals surface area contributed by atoms with Gasteiger partial charge in [-0.05, 0) is 43.0 Å². The number of hydrogen-bond acceptors (Lipinski definition) is 4. The lowest BCUT2D eigenvalue weighted by atomic mass is 9.80. The Morgan fingerprint density at radius 3 is 3.00 bits per heavy atom. The minimum absolute atomic E-state index is 0.0852. The van der Waals surface area contributed by atoms with Crippen molar-refractivity contribution in [2.24, 2.45) is 0 Å². The number of amides is 2. The average molecular weight is 404 g/mol. The van der Waals surface area contributed by atoms with Crippen molar-refractivity contribution in [1.82, 2.24) is 15.2 Å². The van der Waals surface area contributed by atoms with E-state index in [0.717, 1.165) is 32.4 Å². The number of ether oxygens (including phenoxy) is 2. The molecule has 7 heteroatoms. The number of nitrogens with zero attached hydrogens (tertiary/aromatic N) is 1. The molecule has 30 heavy (non-hydrogen) atoms. The molecular formula is C23H24N4O3. The van der Waals surface area contributed by atoms with Gasteiger partial charge in [0.15, 0.2) is 11.5 Å². The molecule has 0 bridgehead atoms. The zero-order chi connectivity index (χ0) is 20.1. The first-order valence-electron chi connectivity index (χ1n) is 10.5. The van der Waals surface area contributed by atoms with Crippen LogP contribution in [0.1, 0.15) is 24.1 Å². The maximum absolute atomic E-state index is 13.1. The van der Waals surface area contributed by atoms with E-state index in [4.69, 9.17) is 9.47 Å². The van der Waals surface area contributed by atoms with E-state index >= 15 is 0 Å². The zero-order valence-electron chi connectivity index (χ0n) is 16.7. The Morgan fingerprint density at radius 2 is 2.03 bits per heavy atom. The van der Waals surface area contributed by atoms with Crippen molar-refractivity contribution >= 4 is 22.6 Å². The molecule has 0 radical (unpaired) electrons. The van der Waals surface area contributed by atoms with Crippen LogP contribution in [-0.2, 0) is 12.0 Å². The Morgan fingerprint density at radius 1 is 1.13 bits per heavy atom. The Balaban J connectivity index is 1.27. The highest BCUT2D eigenvalue weighted by atomic mass is 16.7. The third-order valence-corrected chi connectivity index (χ3v) is 6.53. The number of H-pyrrole nitrogens is 1. The van der Waals surface area contributed by atoms with Crippen LogP contribution in [-0.4, -0.2) is 42.3 Å². The van der Waals surface area contributed by atoms with Crippen LogP contribution in [0, 0.1) is 0 Å². The number of rotatable bonds is 1. The van der Waals surface area contributed by atoms with Gasteiger partial charge in [0, 0.05) is 48.0 Å². The number of anilines is 1. The molecule has 1 aromatic heterocycles. The minimum atomic E-state index is -0.225. The predicted octanol–water partition coefficient (Wildman–Crippen LogP) is 3.57. The highest BCUT2D eigenvalue weighted by Gasteiger charge is 2.43. The van der Waals surface area contributed by atoms with Crippen LogP contribution in [0.5, 0.6) is 11.5 Å². The number of carbonyl (C=O) groups is 1. The molecule has 1 spiro atoms. The number of urea groups is 1. The summed E-state index contributed by atoms with van der Waals surface area (Å²) in [6.07, 6.45) is 2.97. The lowest BCUT2D eigenvalue weighted by Gasteiger charge is -2.45. The number of aromatic nitrogens is 1. The fourth-order valence-corrected chi connectivity index (χ4v) is 5.14. The van der Waals surface area contributed by atoms with Gasteiger partial charge in [0.25, 0.3) is 0 Å². The summed E-state index contributed by atoms with van der Waals surface area (Å²) in [5.74, 6) is 1.38. The normalized spacial score (nSPS) is 22.3. The molecule has 3 aliphatic rings. The van der Waals surface area contributed by atoms with E-state index in [-0.39, 0.29) is 18.4 Å². The molecule has 0 saturated carbocycles. The molecule has 2 amide bonds. The first kappa shape index (κ1) is 17.7. The van der Waals surface area contributed by atoms with Crippen molar-refractivity contribution in [1.29, 1.82) is 0 Å². The quantitative estimate of drug-likeness (QED) is 0.579. The Bertz CT molecular complexity index is 1140. The van der Waals surface area contributed by atoms with E-state index in [1.165, 1.54) is 22.2 Å². The predicted molar refractivity (Wildman–Crippen MR) is 114 cm³/mol. The number of para-hydroxylation sites is 1. The highest BCUT2D eigenvalue weighted by Crippen LogP contribution is 2.39. The average Bonchev–Trinajstić information content (AvgIpc) is 3.39. The number of aromatic amines is 1. The van der Waals surface area contributed by atoms with Gasteiger partial charge >= 0.3 is 6.03 Å². The summed E-state index contributed by atoms with van der Waals surface area (Å²) < 4.78 is 10.8. The summed E-state index contributed by atoms with van der Waals surface area (Å²) in [6, 6.07) is 13.9. The molecule has 1 unspecified atom stereocenters. The SMILES string of the molecule is O=C(Nc1ccc2c(c1)OCO2)N1CCCC2(C1)NCCc1c2[nH]c2ccccc12. The summed E-state index contributed by atoms with van der Waals surface area (Å²) >= 11 is 0. The van der Waals surface area contributed by atoms with Gasteiger partial charge in [-0.1, -0.05) is 18.2 Å². The monoisotopic (exact) mass is 404 g/mol. The van der Waals surface area contributed by atoms with Crippen LogP contribution in [0.15, 0.2) is 42.5 Å². The summed E-state index contributed by atoms with van der Waals surface area (Å²) in [4.78, 5) is 18.7. The molecule has 1 fully saturated rings. The van der Waals surface area contributed by atoms with E-state index < -0.39 is 0 Å². The van der Waals surface area contributed by atoms with Gasteiger partial charge in [-0.25, -0.2) is 4.79 Å². The van der Waals surface area contributed by atoms with Crippen molar-refractivity contribution in [3.05, 3.63) is 53.7 Å². The molecular weight excluding hydrogens is 380 g/mol. The van der Waals surface area contributed by atoms with E-state index in [9.17, 15) is 4.79 Å². The minimum Gasteiger partial charge on any atom is -0.454 e. The van der Waals surface area contributed by atoms with Crippen molar-refractivity contribution in [3.8, 4) is 11.5 Å². The lowest BCUT2D eigenvalue weighted by Crippen LogP contribution is -2.59. The van der Waals surface area contributed by atoms with E-state index in [1.807, 2.05) is 23.1 Å². The fraction of sp³-hybridized carbons (Fsp3) is 0.348. The summed E-state index contributed by atoms with van der Waals surface area (Å²) in [5, 5.41) is 8.07. The molecule has 154 valence electrons. The third kappa shape index (κ3) is 2.73. The Kier molecular flexibility index (Phi) is 3.92. The van der Waals surface area contributed by atoms with Gasteiger partial charge in [0.2, 0.25) is 6.79 Å². The molecule has 1 atom stereocenters. The molecule has 3 N–H and O–H groups in total. The maximum Gasteiger partial charge on any atom is 0.321 e. The number of hydrogen-bond donors (Lipinski definition) is 3. The lowest BCUT2D eigenvalue weighted by molar-refractivity contribution is 0.132. The summed E-state index contributed by atoms with van der Waals surface area (Å²) in [7, 11) is 0.